The Morgan fingerprint density at radius 3 is 2.62 bits per heavy atom. The van der Waals surface area contributed by atoms with E-state index in [0.29, 0.717) is 5.69 Å². The second-order valence-corrected chi connectivity index (χ2v) is 2.85. The zero-order chi connectivity index (χ0) is 10.0. The Morgan fingerprint density at radius 2 is 2.08 bits per heavy atom. The lowest BCUT2D eigenvalue weighted by Crippen LogP contribution is -2.18. The molecule has 1 aromatic rings. The molecular weight excluding hydrogens is 168 g/mol. The summed E-state index contributed by atoms with van der Waals surface area (Å²) in [7, 11) is 0. The molecule has 5 N–H and O–H groups in total. The molecule has 0 aliphatic heterocycles. The van der Waals surface area contributed by atoms with Gasteiger partial charge in [-0.2, -0.15) is 0 Å². The minimum Gasteiger partial charge on any atom is -0.397 e. The Kier molecular flexibility index (Phi) is 2.53. The van der Waals surface area contributed by atoms with E-state index < -0.39 is 11.9 Å². The number of carbonyl (C=O) groups is 1. The number of benzene rings is 1. The van der Waals surface area contributed by atoms with Gasteiger partial charge in [-0.25, -0.2) is 0 Å². The van der Waals surface area contributed by atoms with Crippen molar-refractivity contribution < 1.29 is 9.90 Å². The second kappa shape index (κ2) is 3.45. The van der Waals surface area contributed by atoms with Crippen LogP contribution >= 0.6 is 0 Å². The molecule has 70 valence electrons. The van der Waals surface area contributed by atoms with Crippen molar-refractivity contribution in [2.75, 3.05) is 11.5 Å². The van der Waals surface area contributed by atoms with Gasteiger partial charge in [0, 0.05) is 5.56 Å². The molecule has 4 nitrogen and oxygen atoms in total. The average molecular weight is 180 g/mol. The zero-order valence-electron chi connectivity index (χ0n) is 7.32. The van der Waals surface area contributed by atoms with Gasteiger partial charge in [0.15, 0.2) is 5.78 Å². The summed E-state index contributed by atoms with van der Waals surface area (Å²) in [6, 6.07) is 4.77. The summed E-state index contributed by atoms with van der Waals surface area (Å²) in [6.07, 6.45) is -1.05. The lowest BCUT2D eigenvalue weighted by Gasteiger charge is -2.08. The summed E-state index contributed by atoms with van der Waals surface area (Å²) in [4.78, 5) is 11.3. The molecule has 0 spiro atoms. The van der Waals surface area contributed by atoms with E-state index in [1.54, 1.807) is 18.2 Å². The predicted molar refractivity (Wildman–Crippen MR) is 51.3 cm³/mol. The minimum absolute atomic E-state index is 0.230. The fourth-order valence-corrected chi connectivity index (χ4v) is 1.02. The number of nitrogen functional groups attached to an aromatic ring is 2. The van der Waals surface area contributed by atoms with Crippen molar-refractivity contribution in [1.29, 1.82) is 0 Å². The number of nitrogens with two attached hydrogens (primary N) is 2. The quantitative estimate of drug-likeness (QED) is 0.454. The first-order valence-corrected chi connectivity index (χ1v) is 3.90. The highest BCUT2D eigenvalue weighted by Crippen LogP contribution is 2.20. The fourth-order valence-electron chi connectivity index (χ4n) is 1.02. The van der Waals surface area contributed by atoms with Crippen LogP contribution in [-0.4, -0.2) is 17.0 Å². The Bertz CT molecular complexity index is 334. The first kappa shape index (κ1) is 9.54. The third kappa shape index (κ3) is 1.78. The van der Waals surface area contributed by atoms with Gasteiger partial charge in [-0.3, -0.25) is 4.79 Å². The number of carbonyl (C=O) groups excluding carboxylic acids is 1. The van der Waals surface area contributed by atoms with Crippen molar-refractivity contribution in [2.45, 2.75) is 13.0 Å². The molecule has 0 amide bonds. The van der Waals surface area contributed by atoms with Crippen molar-refractivity contribution >= 4 is 17.2 Å². The van der Waals surface area contributed by atoms with Gasteiger partial charge in [-0.05, 0) is 19.1 Å². The van der Waals surface area contributed by atoms with Crippen LogP contribution in [0.5, 0.6) is 0 Å². The molecule has 0 saturated carbocycles. The minimum atomic E-state index is -1.05. The Hall–Kier alpha value is -1.55. The van der Waals surface area contributed by atoms with E-state index in [4.69, 9.17) is 16.6 Å². The molecule has 1 rings (SSSR count). The van der Waals surface area contributed by atoms with Crippen LogP contribution in [0.15, 0.2) is 18.2 Å². The van der Waals surface area contributed by atoms with Gasteiger partial charge in [0.1, 0.15) is 6.10 Å². The SMILES string of the molecule is CC(O)C(=O)c1cccc(N)c1N. The first-order chi connectivity index (χ1) is 6.04. The van der Waals surface area contributed by atoms with Gasteiger partial charge in [0.05, 0.1) is 11.4 Å². The number of hydrogen-bond donors (Lipinski definition) is 3. The van der Waals surface area contributed by atoms with Crippen molar-refractivity contribution in [3.05, 3.63) is 23.8 Å². The summed E-state index contributed by atoms with van der Waals surface area (Å²) < 4.78 is 0. The highest BCUT2D eigenvalue weighted by molar-refractivity contribution is 6.05. The molecule has 1 atom stereocenters. The van der Waals surface area contributed by atoms with E-state index in [-0.39, 0.29) is 11.3 Å². The van der Waals surface area contributed by atoms with Gasteiger partial charge in [-0.1, -0.05) is 6.07 Å². The molecule has 1 aromatic carbocycles. The third-order valence-corrected chi connectivity index (χ3v) is 1.78. The Morgan fingerprint density at radius 1 is 1.46 bits per heavy atom. The summed E-state index contributed by atoms with van der Waals surface area (Å²) in [5.41, 5.74) is 11.9. The van der Waals surface area contributed by atoms with Gasteiger partial charge >= 0.3 is 0 Å². The van der Waals surface area contributed by atoms with Crippen LogP contribution < -0.4 is 11.5 Å². The van der Waals surface area contributed by atoms with Gasteiger partial charge in [-0.15, -0.1) is 0 Å². The number of aliphatic hydroxyl groups is 1. The van der Waals surface area contributed by atoms with Crippen LogP contribution in [0.3, 0.4) is 0 Å². The maximum absolute atomic E-state index is 11.3. The van der Waals surface area contributed by atoms with Crippen molar-refractivity contribution in [1.82, 2.24) is 0 Å². The standard InChI is InChI=1S/C9H12N2O2/c1-5(12)9(13)6-3-2-4-7(10)8(6)11/h2-5,12H,10-11H2,1H3. The monoisotopic (exact) mass is 180 g/mol. The number of aliphatic hydroxyl groups excluding tert-OH is 1. The van der Waals surface area contributed by atoms with E-state index >= 15 is 0 Å². The lowest BCUT2D eigenvalue weighted by molar-refractivity contribution is 0.0780. The third-order valence-electron chi connectivity index (χ3n) is 1.78. The summed E-state index contributed by atoms with van der Waals surface area (Å²) in [6.45, 7) is 1.39. The topological polar surface area (TPSA) is 89.3 Å². The zero-order valence-corrected chi connectivity index (χ0v) is 7.32. The van der Waals surface area contributed by atoms with E-state index in [2.05, 4.69) is 0 Å². The molecule has 0 fully saturated rings. The maximum atomic E-state index is 11.3. The van der Waals surface area contributed by atoms with Crippen LogP contribution in [0.4, 0.5) is 11.4 Å². The summed E-state index contributed by atoms with van der Waals surface area (Å²) in [5.74, 6) is -0.412. The fraction of sp³-hybridized carbons (Fsp3) is 0.222. The Balaban J connectivity index is 3.15. The summed E-state index contributed by atoms with van der Waals surface area (Å²) in [5, 5.41) is 9.04. The largest absolute Gasteiger partial charge is 0.397 e. The molecule has 0 bridgehead atoms. The van der Waals surface area contributed by atoms with Gasteiger partial charge in [0.2, 0.25) is 0 Å². The van der Waals surface area contributed by atoms with Crippen LogP contribution in [0.1, 0.15) is 17.3 Å². The first-order valence-electron chi connectivity index (χ1n) is 3.90. The number of hydrogen-bond acceptors (Lipinski definition) is 4. The number of rotatable bonds is 2. The van der Waals surface area contributed by atoms with E-state index in [9.17, 15) is 4.79 Å². The molecule has 4 heteroatoms. The predicted octanol–water partition coefficient (Wildman–Crippen LogP) is 0.414. The van der Waals surface area contributed by atoms with Crippen LogP contribution in [-0.2, 0) is 0 Å². The van der Waals surface area contributed by atoms with Gasteiger partial charge in [0.25, 0.3) is 0 Å². The van der Waals surface area contributed by atoms with Crippen molar-refractivity contribution in [3.63, 3.8) is 0 Å². The molecular formula is C9H12N2O2. The van der Waals surface area contributed by atoms with Crippen molar-refractivity contribution in [3.8, 4) is 0 Å². The number of ketones is 1. The van der Waals surface area contributed by atoms with E-state index in [0.717, 1.165) is 0 Å². The van der Waals surface area contributed by atoms with Gasteiger partial charge < -0.3 is 16.6 Å². The average Bonchev–Trinajstić information content (AvgIpc) is 2.08. The van der Waals surface area contributed by atoms with Crippen molar-refractivity contribution in [2.24, 2.45) is 0 Å². The maximum Gasteiger partial charge on any atom is 0.193 e. The smallest absolute Gasteiger partial charge is 0.193 e. The molecule has 0 saturated heterocycles. The molecule has 0 aliphatic carbocycles. The molecule has 0 aliphatic rings. The van der Waals surface area contributed by atoms with E-state index in [1.165, 1.54) is 6.92 Å². The number of para-hydroxylation sites is 1. The number of Topliss-reactive ketones (excluding diaryl/α,β-unsaturated/α-hetero) is 1. The molecule has 0 aromatic heterocycles. The molecule has 13 heavy (non-hydrogen) atoms. The normalized spacial score (nSPS) is 12.5. The van der Waals surface area contributed by atoms with Crippen LogP contribution in [0.25, 0.3) is 0 Å². The molecule has 0 radical (unpaired) electrons. The lowest BCUT2D eigenvalue weighted by atomic mass is 10.0. The highest BCUT2D eigenvalue weighted by atomic mass is 16.3. The van der Waals surface area contributed by atoms with Crippen LogP contribution in [0, 0.1) is 0 Å². The van der Waals surface area contributed by atoms with Crippen LogP contribution in [0.2, 0.25) is 0 Å². The highest BCUT2D eigenvalue weighted by Gasteiger charge is 2.15. The number of anilines is 2. The molecule has 1 unspecified atom stereocenters. The van der Waals surface area contributed by atoms with E-state index in [1.807, 2.05) is 0 Å². The second-order valence-electron chi connectivity index (χ2n) is 2.85. The molecule has 0 heterocycles. The summed E-state index contributed by atoms with van der Waals surface area (Å²) >= 11 is 0. The Labute approximate surface area is 76.2 Å².